The van der Waals surface area contributed by atoms with Crippen LogP contribution in [0.2, 0.25) is 0 Å². The fraction of sp³-hybridized carbons (Fsp3) is 0.519. The van der Waals surface area contributed by atoms with E-state index in [2.05, 4.69) is 0 Å². The first-order valence-corrected chi connectivity index (χ1v) is 12.5. The number of benzene rings is 1. The molecule has 2 amide bonds. The van der Waals surface area contributed by atoms with E-state index in [1.165, 1.54) is 0 Å². The molecule has 1 heterocycles. The molecule has 1 N–H and O–H groups in total. The summed E-state index contributed by atoms with van der Waals surface area (Å²) in [7, 11) is 1.14. The number of cyclic esters (lactones) is 1. The lowest BCUT2D eigenvalue weighted by molar-refractivity contribution is -0.166. The van der Waals surface area contributed by atoms with Gasteiger partial charge in [0.05, 0.1) is 32.5 Å². The number of amides is 2. The fourth-order valence-electron chi connectivity index (χ4n) is 3.79. The number of carbonyl (C=O) groups is 5. The smallest absolute Gasteiger partial charge is 0.417 e. The van der Waals surface area contributed by atoms with E-state index in [0.717, 1.165) is 36.6 Å². The van der Waals surface area contributed by atoms with Crippen molar-refractivity contribution >= 4 is 29.5 Å². The van der Waals surface area contributed by atoms with E-state index in [-0.39, 0.29) is 32.0 Å². The predicted molar refractivity (Wildman–Crippen MR) is 136 cm³/mol. The number of esters is 1. The molecular formula is C27H35NO11. The van der Waals surface area contributed by atoms with Gasteiger partial charge in [0.1, 0.15) is 6.61 Å². The summed E-state index contributed by atoms with van der Waals surface area (Å²) in [5.74, 6) is -2.99. The van der Waals surface area contributed by atoms with Crippen molar-refractivity contribution in [1.82, 2.24) is 4.90 Å². The van der Waals surface area contributed by atoms with Crippen LogP contribution in [0.4, 0.5) is 4.79 Å². The molecule has 1 aromatic carbocycles. The summed E-state index contributed by atoms with van der Waals surface area (Å²) in [6.45, 7) is 2.09. The molecular weight excluding hydrogens is 514 g/mol. The molecule has 3 unspecified atom stereocenters. The first-order chi connectivity index (χ1) is 18.8. The molecule has 1 saturated heterocycles. The van der Waals surface area contributed by atoms with Crippen molar-refractivity contribution < 1.29 is 52.8 Å². The Hall–Kier alpha value is -3.45. The van der Waals surface area contributed by atoms with Crippen LogP contribution in [-0.4, -0.2) is 105 Å². The Balaban J connectivity index is 2.01. The van der Waals surface area contributed by atoms with Gasteiger partial charge in [-0.2, -0.15) is 0 Å². The number of rotatable bonds is 18. The minimum absolute atomic E-state index is 0.0458. The summed E-state index contributed by atoms with van der Waals surface area (Å²) in [4.78, 5) is 63.5. The number of imide groups is 1. The topological polar surface area (TPSA) is 155 Å². The summed E-state index contributed by atoms with van der Waals surface area (Å²) < 4.78 is 25.8. The molecule has 12 nitrogen and oxygen atoms in total. The summed E-state index contributed by atoms with van der Waals surface area (Å²) in [5, 5.41) is 8.62. The van der Waals surface area contributed by atoms with Crippen molar-refractivity contribution in [3.63, 3.8) is 0 Å². The van der Waals surface area contributed by atoms with Gasteiger partial charge in [-0.25, -0.2) is 9.69 Å². The van der Waals surface area contributed by atoms with Crippen LogP contribution >= 0.6 is 0 Å². The van der Waals surface area contributed by atoms with E-state index in [4.69, 9.17) is 28.8 Å². The first-order valence-electron chi connectivity index (χ1n) is 12.5. The zero-order valence-corrected chi connectivity index (χ0v) is 22.1. The molecule has 1 aliphatic rings. The second-order valence-corrected chi connectivity index (χ2v) is 8.57. The van der Waals surface area contributed by atoms with E-state index >= 15 is 0 Å². The van der Waals surface area contributed by atoms with Gasteiger partial charge in [0.25, 0.3) is 5.91 Å². The molecule has 1 aromatic rings. The second kappa shape index (κ2) is 17.2. The van der Waals surface area contributed by atoms with Crippen molar-refractivity contribution in [2.75, 3.05) is 46.8 Å². The van der Waals surface area contributed by atoms with Crippen molar-refractivity contribution in [2.24, 2.45) is 0 Å². The largest absolute Gasteiger partial charge is 0.451 e. The lowest BCUT2D eigenvalue weighted by atomic mass is 10.0. The van der Waals surface area contributed by atoms with Gasteiger partial charge in [-0.1, -0.05) is 30.3 Å². The van der Waals surface area contributed by atoms with Crippen LogP contribution in [-0.2, 0) is 49.3 Å². The van der Waals surface area contributed by atoms with Crippen LogP contribution in [0.1, 0.15) is 25.3 Å². The van der Waals surface area contributed by atoms with Crippen LogP contribution < -0.4 is 0 Å². The average Bonchev–Trinajstić information content (AvgIpc) is 3.28. The van der Waals surface area contributed by atoms with Gasteiger partial charge in [0.15, 0.2) is 23.8 Å². The zero-order chi connectivity index (χ0) is 28.6. The maximum Gasteiger partial charge on any atom is 0.417 e. The number of carbonyl (C=O) groups excluding carboxylic acids is 5. The molecule has 214 valence electrons. The number of nitrogens with zero attached hydrogens (tertiary/aromatic N) is 1. The summed E-state index contributed by atoms with van der Waals surface area (Å²) >= 11 is 0. The standard InChI is InChI=1S/C27H35NO11/c1-19(30)39-24(23(32)11-10-22(31)9-6-13-36-15-16-37-14-12-29)25(35-2)26(33)28-21(18-38-27(28)34)17-20-7-4-3-5-8-20/h3-5,7-8,10-11,21,24-25,29H,6,9,12-18H2,1-2H3. The molecule has 0 aliphatic carbocycles. The Morgan fingerprint density at radius 2 is 1.74 bits per heavy atom. The highest BCUT2D eigenvalue weighted by Gasteiger charge is 2.45. The average molecular weight is 550 g/mol. The van der Waals surface area contributed by atoms with E-state index in [1.54, 1.807) is 0 Å². The number of aliphatic hydroxyl groups is 1. The van der Waals surface area contributed by atoms with Crippen molar-refractivity contribution in [2.45, 2.75) is 44.4 Å². The number of ketones is 2. The highest BCUT2D eigenvalue weighted by atomic mass is 16.6. The molecule has 0 spiro atoms. The van der Waals surface area contributed by atoms with Gasteiger partial charge in [0.2, 0.25) is 0 Å². The van der Waals surface area contributed by atoms with Gasteiger partial charge in [0, 0.05) is 27.1 Å². The second-order valence-electron chi connectivity index (χ2n) is 8.57. The van der Waals surface area contributed by atoms with E-state index in [0.29, 0.717) is 32.7 Å². The van der Waals surface area contributed by atoms with Crippen molar-refractivity contribution in [1.29, 1.82) is 0 Å². The molecule has 0 radical (unpaired) electrons. The van der Waals surface area contributed by atoms with Gasteiger partial charge >= 0.3 is 12.1 Å². The number of aliphatic hydroxyl groups excluding tert-OH is 1. The Kier molecular flexibility index (Phi) is 14.0. The van der Waals surface area contributed by atoms with Crippen LogP contribution in [0.3, 0.4) is 0 Å². The maximum atomic E-state index is 13.4. The molecule has 1 aliphatic heterocycles. The van der Waals surface area contributed by atoms with Crippen LogP contribution in [0.25, 0.3) is 0 Å². The lowest BCUT2D eigenvalue weighted by Gasteiger charge is -2.27. The van der Waals surface area contributed by atoms with Crippen LogP contribution in [0, 0.1) is 0 Å². The molecule has 3 atom stereocenters. The number of methoxy groups -OCH3 is 1. The van der Waals surface area contributed by atoms with E-state index in [9.17, 15) is 24.0 Å². The Morgan fingerprint density at radius 1 is 1.05 bits per heavy atom. The molecule has 0 aromatic heterocycles. The van der Waals surface area contributed by atoms with Crippen LogP contribution in [0.15, 0.2) is 42.5 Å². The van der Waals surface area contributed by atoms with Crippen molar-refractivity contribution in [3.05, 3.63) is 48.0 Å². The number of hydrogen-bond donors (Lipinski definition) is 1. The lowest BCUT2D eigenvalue weighted by Crippen LogP contribution is -2.53. The third kappa shape index (κ3) is 10.7. The quantitative estimate of drug-likeness (QED) is 0.159. The van der Waals surface area contributed by atoms with Gasteiger partial charge < -0.3 is 28.8 Å². The van der Waals surface area contributed by atoms with Gasteiger partial charge in [-0.15, -0.1) is 0 Å². The monoisotopic (exact) mass is 549 g/mol. The Morgan fingerprint density at radius 3 is 2.38 bits per heavy atom. The fourth-order valence-corrected chi connectivity index (χ4v) is 3.79. The van der Waals surface area contributed by atoms with Crippen molar-refractivity contribution in [3.8, 4) is 0 Å². The van der Waals surface area contributed by atoms with Crippen LogP contribution in [0.5, 0.6) is 0 Å². The minimum atomic E-state index is -1.72. The molecule has 0 bridgehead atoms. The maximum absolute atomic E-state index is 13.4. The Bertz CT molecular complexity index is 995. The molecule has 12 heteroatoms. The highest BCUT2D eigenvalue weighted by Crippen LogP contribution is 2.21. The third-order valence-corrected chi connectivity index (χ3v) is 5.61. The van der Waals surface area contributed by atoms with Gasteiger partial charge in [-0.05, 0) is 30.6 Å². The number of hydrogen-bond acceptors (Lipinski definition) is 11. The first kappa shape index (κ1) is 31.8. The SMILES string of the molecule is COC(C(=O)N1C(=O)OCC1Cc1ccccc1)C(OC(C)=O)C(=O)C=CC(=O)CCCOCCOCCO. The predicted octanol–water partition coefficient (Wildman–Crippen LogP) is 1.02. The Labute approximate surface area is 226 Å². The summed E-state index contributed by atoms with van der Waals surface area (Å²) in [5.41, 5.74) is 0.863. The van der Waals surface area contributed by atoms with Gasteiger partial charge in [-0.3, -0.25) is 19.2 Å². The third-order valence-electron chi connectivity index (χ3n) is 5.61. The highest BCUT2D eigenvalue weighted by molar-refractivity contribution is 6.05. The summed E-state index contributed by atoms with van der Waals surface area (Å²) in [6.07, 6.45) is -1.52. The minimum Gasteiger partial charge on any atom is -0.451 e. The van der Waals surface area contributed by atoms with E-state index < -0.39 is 42.0 Å². The zero-order valence-electron chi connectivity index (χ0n) is 22.1. The number of allylic oxidation sites excluding steroid dienone is 1. The van der Waals surface area contributed by atoms with E-state index in [1.807, 2.05) is 30.3 Å². The normalized spacial score (nSPS) is 16.6. The molecule has 1 fully saturated rings. The molecule has 2 rings (SSSR count). The number of ether oxygens (including phenoxy) is 5. The molecule has 39 heavy (non-hydrogen) atoms. The summed E-state index contributed by atoms with van der Waals surface area (Å²) in [6, 6.07) is 8.51. The molecule has 0 saturated carbocycles.